The van der Waals surface area contributed by atoms with Gasteiger partial charge in [-0.05, 0) is 18.2 Å². The lowest BCUT2D eigenvalue weighted by Crippen LogP contribution is -2.44. The molecule has 0 saturated carbocycles. The van der Waals surface area contributed by atoms with Gasteiger partial charge in [-0.1, -0.05) is 11.6 Å². The maximum Gasteiger partial charge on any atom is 0.461 e. The molecule has 1 aromatic rings. The number of benzene rings is 1. The minimum Gasteiger partial charge on any atom is -0.287 e. The Bertz CT molecular complexity index is 531. The van der Waals surface area contributed by atoms with Crippen molar-refractivity contribution in [1.82, 2.24) is 0 Å². The van der Waals surface area contributed by atoms with Gasteiger partial charge >= 0.3 is 18.3 Å². The van der Waals surface area contributed by atoms with E-state index in [9.17, 15) is 39.9 Å². The van der Waals surface area contributed by atoms with Crippen LogP contribution in [-0.4, -0.2) is 17.9 Å². The molecule has 10 heteroatoms. The van der Waals surface area contributed by atoms with E-state index < -0.39 is 40.2 Å². The van der Waals surface area contributed by atoms with Crippen LogP contribution in [0.25, 0.3) is 0 Å². The maximum absolute atomic E-state index is 12.8. The van der Waals surface area contributed by atoms with Crippen LogP contribution < -0.4 is 0 Å². The van der Waals surface area contributed by atoms with Crippen LogP contribution in [0, 0.1) is 0 Å². The first-order valence-corrected chi connectivity index (χ1v) is 5.02. The Morgan fingerprint density at radius 3 is 1.85 bits per heavy atom. The number of hydrogen-bond donors (Lipinski definition) is 0. The minimum atomic E-state index is -6.30. The Morgan fingerprint density at radius 2 is 1.45 bits per heavy atom. The average Bonchev–Trinajstić information content (AvgIpc) is 2.25. The molecule has 0 bridgehead atoms. The van der Waals surface area contributed by atoms with Gasteiger partial charge in [-0.3, -0.25) is 4.79 Å². The largest absolute Gasteiger partial charge is 0.461 e. The molecule has 0 atom stereocenters. The molecule has 0 aliphatic carbocycles. The second-order valence-corrected chi connectivity index (χ2v) is 4.03. The number of ketones is 1. The van der Waals surface area contributed by atoms with Crippen LogP contribution in [0.1, 0.15) is 15.9 Å². The fraction of sp³-hybridized carbons (Fsp3) is 0.300. The van der Waals surface area contributed by atoms with Gasteiger partial charge in [0.25, 0.3) is 0 Å². The van der Waals surface area contributed by atoms with Crippen LogP contribution in [0.5, 0.6) is 0 Å². The normalized spacial score (nSPS) is 13.4. The van der Waals surface area contributed by atoms with Crippen LogP contribution in [-0.2, 0) is 6.18 Å². The summed E-state index contributed by atoms with van der Waals surface area (Å²) in [5, 5.41) is -0.566. The molecule has 112 valence electrons. The molecule has 0 aliphatic heterocycles. The Morgan fingerprint density at radius 1 is 0.950 bits per heavy atom. The van der Waals surface area contributed by atoms with Gasteiger partial charge in [0.2, 0.25) is 5.78 Å². The van der Waals surface area contributed by atoms with Crippen molar-refractivity contribution in [3.05, 3.63) is 34.3 Å². The molecule has 0 spiro atoms. The lowest BCUT2D eigenvalue weighted by Gasteiger charge is -2.20. The topological polar surface area (TPSA) is 17.1 Å². The van der Waals surface area contributed by atoms with Gasteiger partial charge in [0.1, 0.15) is 0 Å². The zero-order valence-electron chi connectivity index (χ0n) is 9.04. The first-order valence-electron chi connectivity index (χ1n) is 4.64. The molecule has 1 rings (SSSR count). The van der Waals surface area contributed by atoms with Gasteiger partial charge in [0.05, 0.1) is 5.56 Å². The number of alkyl halides is 8. The van der Waals surface area contributed by atoms with Crippen molar-refractivity contribution in [2.75, 3.05) is 0 Å². The summed E-state index contributed by atoms with van der Waals surface area (Å²) < 4.78 is 99.2. The van der Waals surface area contributed by atoms with Crippen molar-refractivity contribution in [3.63, 3.8) is 0 Å². The van der Waals surface area contributed by atoms with E-state index in [0.717, 1.165) is 0 Å². The molecule has 0 saturated heterocycles. The molecule has 0 aliphatic rings. The third-order valence-electron chi connectivity index (χ3n) is 2.17. The van der Waals surface area contributed by atoms with E-state index in [0.29, 0.717) is 6.07 Å². The van der Waals surface area contributed by atoms with Gasteiger partial charge in [-0.2, -0.15) is 35.1 Å². The highest BCUT2D eigenvalue weighted by atomic mass is 35.5. The molecular formula is C10H3ClF8O. The van der Waals surface area contributed by atoms with Crippen molar-refractivity contribution < 1.29 is 39.9 Å². The molecule has 0 radical (unpaired) electrons. The zero-order chi connectivity index (χ0) is 15.9. The zero-order valence-corrected chi connectivity index (χ0v) is 9.80. The number of Topliss-reactive ketones (excluding diaryl/α,β-unsaturated/α-hetero) is 1. The number of carbonyl (C=O) groups is 1. The Hall–Kier alpha value is -1.38. The molecule has 20 heavy (non-hydrogen) atoms. The summed E-state index contributed by atoms with van der Waals surface area (Å²) in [5.41, 5.74) is -3.76. The third-order valence-corrected chi connectivity index (χ3v) is 2.41. The van der Waals surface area contributed by atoms with Crippen molar-refractivity contribution in [2.45, 2.75) is 18.3 Å². The second kappa shape index (κ2) is 4.87. The van der Waals surface area contributed by atoms with Crippen LogP contribution in [0.15, 0.2) is 18.2 Å². The molecule has 1 aromatic carbocycles. The summed E-state index contributed by atoms with van der Waals surface area (Å²) in [6.07, 6.45) is -11.6. The highest BCUT2D eigenvalue weighted by Gasteiger charge is 2.64. The van der Waals surface area contributed by atoms with E-state index in [2.05, 4.69) is 0 Å². The summed E-state index contributed by atoms with van der Waals surface area (Å²) in [4.78, 5) is 11.1. The molecule has 0 N–H and O–H groups in total. The smallest absolute Gasteiger partial charge is 0.287 e. The molecule has 0 heterocycles. The Balaban J connectivity index is 3.45. The molecule has 0 aromatic heterocycles. The Labute approximate surface area is 111 Å². The predicted octanol–water partition coefficient (Wildman–Crippen LogP) is 4.74. The van der Waals surface area contributed by atoms with Gasteiger partial charge in [-0.25, -0.2) is 0 Å². The fourth-order valence-corrected chi connectivity index (χ4v) is 1.42. The summed E-state index contributed by atoms with van der Waals surface area (Å²) in [7, 11) is 0. The van der Waals surface area contributed by atoms with Gasteiger partial charge < -0.3 is 0 Å². The quantitative estimate of drug-likeness (QED) is 0.567. The SMILES string of the molecule is O=C(c1ccc(Cl)cc1C(F)(F)F)C(F)(F)C(F)(F)F. The van der Waals surface area contributed by atoms with Crippen LogP contribution in [0.2, 0.25) is 5.02 Å². The van der Waals surface area contributed by atoms with Crippen molar-refractivity contribution in [1.29, 1.82) is 0 Å². The minimum absolute atomic E-state index is 0.0985. The maximum atomic E-state index is 12.8. The first-order chi connectivity index (χ1) is 8.78. The van der Waals surface area contributed by atoms with Crippen molar-refractivity contribution in [2.24, 2.45) is 0 Å². The Kier molecular flexibility index (Phi) is 4.06. The second-order valence-electron chi connectivity index (χ2n) is 3.59. The van der Waals surface area contributed by atoms with E-state index in [-0.39, 0.29) is 12.1 Å². The van der Waals surface area contributed by atoms with E-state index in [1.165, 1.54) is 0 Å². The predicted molar refractivity (Wildman–Crippen MR) is 51.8 cm³/mol. The summed E-state index contributed by atoms with van der Waals surface area (Å²) in [6.45, 7) is 0. The summed E-state index contributed by atoms with van der Waals surface area (Å²) in [6, 6.07) is 0.880. The number of carbonyl (C=O) groups excluding carboxylic acids is 1. The summed E-state index contributed by atoms with van der Waals surface area (Å²) >= 11 is 5.21. The average molecular weight is 327 g/mol. The molecule has 0 fully saturated rings. The van der Waals surface area contributed by atoms with Crippen molar-refractivity contribution >= 4 is 17.4 Å². The molecule has 0 amide bonds. The molecule has 0 unspecified atom stereocenters. The fourth-order valence-electron chi connectivity index (χ4n) is 1.25. The van der Waals surface area contributed by atoms with E-state index in [4.69, 9.17) is 11.6 Å². The monoisotopic (exact) mass is 326 g/mol. The highest BCUT2D eigenvalue weighted by molar-refractivity contribution is 6.30. The standard InChI is InChI=1S/C10H3ClF8O/c11-4-1-2-5(6(3-4)9(14,15)16)7(20)8(12,13)10(17,18)19/h1-3H. The van der Waals surface area contributed by atoms with E-state index in [1.807, 2.05) is 0 Å². The first kappa shape index (κ1) is 16.7. The van der Waals surface area contributed by atoms with Gasteiger partial charge in [0.15, 0.2) is 0 Å². The van der Waals surface area contributed by atoms with Crippen LogP contribution in [0.4, 0.5) is 35.1 Å². The third kappa shape index (κ3) is 3.02. The summed E-state index contributed by atoms with van der Waals surface area (Å²) in [5.74, 6) is -8.92. The van der Waals surface area contributed by atoms with Crippen molar-refractivity contribution in [3.8, 4) is 0 Å². The van der Waals surface area contributed by atoms with E-state index >= 15 is 0 Å². The van der Waals surface area contributed by atoms with Crippen LogP contribution >= 0.6 is 11.6 Å². The lowest BCUT2D eigenvalue weighted by molar-refractivity contribution is -0.256. The van der Waals surface area contributed by atoms with Gasteiger partial charge in [-0.15, -0.1) is 0 Å². The molecular weight excluding hydrogens is 324 g/mol. The number of hydrogen-bond acceptors (Lipinski definition) is 1. The van der Waals surface area contributed by atoms with Gasteiger partial charge in [0, 0.05) is 10.6 Å². The molecule has 1 nitrogen and oxygen atoms in total. The number of halogens is 9. The van der Waals surface area contributed by atoms with Crippen LogP contribution in [0.3, 0.4) is 0 Å². The van der Waals surface area contributed by atoms with E-state index in [1.54, 1.807) is 0 Å². The lowest BCUT2D eigenvalue weighted by atomic mass is 9.99. The highest BCUT2D eigenvalue weighted by Crippen LogP contribution is 2.41. The number of rotatable bonds is 2.